The Balaban J connectivity index is 1.54. The number of aliphatic hydroxyl groups excluding tert-OH is 2. The summed E-state index contributed by atoms with van der Waals surface area (Å²) < 4.78 is 0. The second kappa shape index (κ2) is 11.2. The summed E-state index contributed by atoms with van der Waals surface area (Å²) in [5.74, 6) is 6.94. The van der Waals surface area contributed by atoms with E-state index in [4.69, 9.17) is 26.7 Å². The van der Waals surface area contributed by atoms with Gasteiger partial charge in [0.25, 0.3) is 5.91 Å². The highest BCUT2D eigenvalue weighted by Crippen LogP contribution is 2.31. The van der Waals surface area contributed by atoms with Crippen LogP contribution >= 0.6 is 22.9 Å². The zero-order chi connectivity index (χ0) is 24.9. The Labute approximate surface area is 213 Å². The maximum absolute atomic E-state index is 12.9. The number of piperidine rings is 1. The topological polar surface area (TPSA) is 102 Å². The summed E-state index contributed by atoms with van der Waals surface area (Å²) in [5, 5.41) is 23.9. The molecule has 1 aliphatic rings. The number of thiophene rings is 1. The second-order valence-corrected chi connectivity index (χ2v) is 9.64. The van der Waals surface area contributed by atoms with Gasteiger partial charge >= 0.3 is 0 Å². The number of nitrogens with zero attached hydrogens (tertiary/aromatic N) is 4. The fourth-order valence-corrected chi connectivity index (χ4v) is 5.27. The first-order valence-electron chi connectivity index (χ1n) is 11.5. The van der Waals surface area contributed by atoms with E-state index in [-0.39, 0.29) is 25.2 Å². The fraction of sp³-hybridized carbons (Fsp3) is 0.400. The second-order valence-electron chi connectivity index (χ2n) is 8.32. The molecule has 3 N–H and O–H groups in total. The van der Waals surface area contributed by atoms with E-state index in [0.29, 0.717) is 38.9 Å². The summed E-state index contributed by atoms with van der Waals surface area (Å²) in [6.45, 7) is 3.87. The number of carbonyl (C=O) groups excluding carboxylic acids is 1. The van der Waals surface area contributed by atoms with Gasteiger partial charge in [0.1, 0.15) is 6.61 Å². The Bertz CT molecular complexity index is 1280. The van der Waals surface area contributed by atoms with Crippen molar-refractivity contribution in [3.05, 3.63) is 44.6 Å². The van der Waals surface area contributed by atoms with Crippen molar-refractivity contribution in [1.82, 2.24) is 14.9 Å². The third kappa shape index (κ3) is 5.52. The minimum Gasteiger partial charge on any atom is -0.392 e. The van der Waals surface area contributed by atoms with Crippen LogP contribution < -0.4 is 10.2 Å². The summed E-state index contributed by atoms with van der Waals surface area (Å²) >= 11 is 7.72. The molecule has 0 atom stereocenters. The zero-order valence-electron chi connectivity index (χ0n) is 19.7. The number of anilines is 2. The Morgan fingerprint density at radius 2 is 2.00 bits per heavy atom. The van der Waals surface area contributed by atoms with Crippen LogP contribution in [-0.2, 0) is 6.61 Å². The molecule has 1 aliphatic heterocycles. The molecule has 35 heavy (non-hydrogen) atoms. The average molecular weight is 514 g/mol. The molecule has 1 fully saturated rings. The molecule has 1 saturated heterocycles. The number of rotatable bonds is 6. The molecule has 4 rings (SSSR count). The minimum atomic E-state index is -0.244. The molecule has 184 valence electrons. The van der Waals surface area contributed by atoms with Gasteiger partial charge in [0.2, 0.25) is 0 Å². The highest BCUT2D eigenvalue weighted by molar-refractivity contribution is 7.12. The van der Waals surface area contributed by atoms with Crippen molar-refractivity contribution in [1.29, 1.82) is 0 Å². The summed E-state index contributed by atoms with van der Waals surface area (Å²) in [6.07, 6.45) is 1.61. The summed E-state index contributed by atoms with van der Waals surface area (Å²) in [5.41, 5.74) is 2.71. The lowest BCUT2D eigenvalue weighted by atomic mass is 10.0. The van der Waals surface area contributed by atoms with Crippen molar-refractivity contribution in [2.75, 3.05) is 43.5 Å². The van der Waals surface area contributed by atoms with Crippen LogP contribution in [0.25, 0.3) is 11.0 Å². The van der Waals surface area contributed by atoms with Crippen molar-refractivity contribution < 1.29 is 15.0 Å². The Morgan fingerprint density at radius 3 is 2.66 bits per heavy atom. The molecule has 1 amide bonds. The molecule has 1 aromatic carbocycles. The van der Waals surface area contributed by atoms with Crippen LogP contribution in [-0.4, -0.2) is 70.3 Å². The number of aromatic nitrogens is 2. The molecule has 0 saturated carbocycles. The number of nitrogens with one attached hydrogen (secondary N) is 1. The summed E-state index contributed by atoms with van der Waals surface area (Å²) in [4.78, 5) is 27.2. The van der Waals surface area contributed by atoms with Crippen molar-refractivity contribution in [2.24, 2.45) is 0 Å². The van der Waals surface area contributed by atoms with E-state index in [2.05, 4.69) is 22.1 Å². The molecule has 0 radical (unpaired) electrons. The molecule has 3 aromatic rings. The van der Waals surface area contributed by atoms with E-state index >= 15 is 0 Å². The van der Waals surface area contributed by atoms with Crippen molar-refractivity contribution in [3.8, 4) is 11.8 Å². The van der Waals surface area contributed by atoms with Gasteiger partial charge in [-0.1, -0.05) is 23.4 Å². The van der Waals surface area contributed by atoms with E-state index in [9.17, 15) is 9.90 Å². The molecule has 0 bridgehead atoms. The Morgan fingerprint density at radius 1 is 1.26 bits per heavy atom. The van der Waals surface area contributed by atoms with Crippen molar-refractivity contribution in [3.63, 3.8) is 0 Å². The van der Waals surface area contributed by atoms with Crippen LogP contribution in [0.15, 0.2) is 23.6 Å². The number of halogens is 1. The summed E-state index contributed by atoms with van der Waals surface area (Å²) in [6, 6.07) is 5.42. The van der Waals surface area contributed by atoms with Gasteiger partial charge in [0.15, 0.2) is 11.6 Å². The number of fused-ring (bicyclic) bond motifs is 1. The minimum absolute atomic E-state index is 0.0135. The number of carbonyl (C=O) groups is 1. The monoisotopic (exact) mass is 513 g/mol. The van der Waals surface area contributed by atoms with Crippen molar-refractivity contribution in [2.45, 2.75) is 32.4 Å². The standard InChI is InChI=1S/C25H28ClN5O3S/c1-3-27-23-24(29-20-12-17(5-4-10-32)19(26)13-21(20)28-23)31-8-6-18(7-9-31)30(2)25(34)22-11-16(14-33)15-35-22/h11-13,15,18,32-33H,3,6-10,14H2,1-2H3,(H,27,28). The van der Waals surface area contributed by atoms with Crippen LogP contribution in [0.5, 0.6) is 0 Å². The fourth-order valence-electron chi connectivity index (χ4n) is 4.18. The van der Waals surface area contributed by atoms with E-state index in [1.54, 1.807) is 18.2 Å². The van der Waals surface area contributed by atoms with Gasteiger partial charge in [0.05, 0.1) is 27.5 Å². The van der Waals surface area contributed by atoms with Gasteiger partial charge in [-0.15, -0.1) is 11.3 Å². The van der Waals surface area contributed by atoms with Gasteiger partial charge in [-0.05, 0) is 48.9 Å². The number of hydrogen-bond donors (Lipinski definition) is 3. The molecule has 0 spiro atoms. The van der Waals surface area contributed by atoms with Gasteiger partial charge in [-0.25, -0.2) is 9.97 Å². The van der Waals surface area contributed by atoms with Gasteiger partial charge in [0, 0.05) is 38.3 Å². The first-order chi connectivity index (χ1) is 16.9. The number of amides is 1. The van der Waals surface area contributed by atoms with E-state index < -0.39 is 0 Å². The van der Waals surface area contributed by atoms with E-state index in [1.807, 2.05) is 24.3 Å². The Kier molecular flexibility index (Phi) is 8.08. The molecule has 0 unspecified atom stereocenters. The lowest BCUT2D eigenvalue weighted by Crippen LogP contribution is -2.46. The molecule has 10 heteroatoms. The first kappa shape index (κ1) is 25.2. The maximum Gasteiger partial charge on any atom is 0.263 e. The molecule has 8 nitrogen and oxygen atoms in total. The van der Waals surface area contributed by atoms with Crippen LogP contribution in [0.4, 0.5) is 11.6 Å². The van der Waals surface area contributed by atoms with Crippen LogP contribution in [0.2, 0.25) is 5.02 Å². The number of hydrogen-bond acceptors (Lipinski definition) is 8. The van der Waals surface area contributed by atoms with Crippen molar-refractivity contribution >= 4 is 51.5 Å². The zero-order valence-corrected chi connectivity index (χ0v) is 21.3. The van der Waals surface area contributed by atoms with E-state index in [0.717, 1.165) is 37.3 Å². The normalized spacial score (nSPS) is 14.0. The molecule has 0 aliphatic carbocycles. The predicted molar refractivity (Wildman–Crippen MR) is 140 cm³/mol. The third-order valence-corrected chi connectivity index (χ3v) is 7.34. The quantitative estimate of drug-likeness (QED) is 0.434. The molecular formula is C25H28ClN5O3S. The smallest absolute Gasteiger partial charge is 0.263 e. The van der Waals surface area contributed by atoms with Gasteiger partial charge < -0.3 is 25.3 Å². The predicted octanol–water partition coefficient (Wildman–Crippen LogP) is 3.35. The summed E-state index contributed by atoms with van der Waals surface area (Å²) in [7, 11) is 1.85. The third-order valence-electron chi connectivity index (χ3n) is 6.06. The maximum atomic E-state index is 12.9. The first-order valence-corrected chi connectivity index (χ1v) is 12.8. The average Bonchev–Trinajstić information content (AvgIpc) is 3.36. The highest BCUT2D eigenvalue weighted by atomic mass is 35.5. The molecule has 2 aromatic heterocycles. The SMILES string of the molecule is CCNc1nc2cc(Cl)c(C#CCO)cc2nc1N1CCC(N(C)C(=O)c2cc(CO)cs2)CC1. The number of benzene rings is 1. The molecule has 3 heterocycles. The lowest BCUT2D eigenvalue weighted by molar-refractivity contribution is 0.0714. The molecular weight excluding hydrogens is 486 g/mol. The van der Waals surface area contributed by atoms with Crippen LogP contribution in [0.3, 0.4) is 0 Å². The lowest BCUT2D eigenvalue weighted by Gasteiger charge is -2.37. The Hall–Kier alpha value is -2.90. The van der Waals surface area contributed by atoms with Gasteiger partial charge in [-0.3, -0.25) is 4.79 Å². The number of aliphatic hydroxyl groups is 2. The van der Waals surface area contributed by atoms with Crippen LogP contribution in [0, 0.1) is 11.8 Å². The van der Waals surface area contributed by atoms with E-state index in [1.165, 1.54) is 11.3 Å². The van der Waals surface area contributed by atoms with Gasteiger partial charge in [-0.2, -0.15) is 0 Å². The largest absolute Gasteiger partial charge is 0.392 e. The highest BCUT2D eigenvalue weighted by Gasteiger charge is 2.28. The van der Waals surface area contributed by atoms with Crippen LogP contribution in [0.1, 0.15) is 40.6 Å².